The lowest BCUT2D eigenvalue weighted by molar-refractivity contribution is -0.149. The molecule has 1 rings (SSSR count). The predicted molar refractivity (Wildman–Crippen MR) is 75.0 cm³/mol. The number of carboxylic acid groups (broad SMARTS) is 1. The van der Waals surface area contributed by atoms with Crippen molar-refractivity contribution in [1.82, 2.24) is 5.32 Å². The first-order chi connectivity index (χ1) is 9.35. The van der Waals surface area contributed by atoms with Gasteiger partial charge in [0.1, 0.15) is 0 Å². The lowest BCUT2D eigenvalue weighted by Crippen LogP contribution is -2.33. The van der Waals surface area contributed by atoms with Crippen LogP contribution in [0.25, 0.3) is 0 Å². The molecular weight excluding hydrogens is 258 g/mol. The molecule has 0 heterocycles. The van der Waals surface area contributed by atoms with E-state index in [4.69, 9.17) is 9.84 Å². The van der Waals surface area contributed by atoms with Crippen molar-refractivity contribution in [3.63, 3.8) is 0 Å². The zero-order valence-electron chi connectivity index (χ0n) is 12.1. The molecule has 0 fully saturated rings. The molecule has 0 aliphatic rings. The van der Waals surface area contributed by atoms with E-state index in [2.05, 4.69) is 5.32 Å². The highest BCUT2D eigenvalue weighted by atomic mass is 16.5. The molecule has 110 valence electrons. The molecule has 0 aliphatic heterocycles. The van der Waals surface area contributed by atoms with Gasteiger partial charge in [0.05, 0.1) is 12.0 Å². The Labute approximate surface area is 118 Å². The fraction of sp³-hybridized carbons (Fsp3) is 0.467. The van der Waals surface area contributed by atoms with Crippen LogP contribution in [0.5, 0.6) is 0 Å². The predicted octanol–water partition coefficient (Wildman–Crippen LogP) is 1.95. The number of carbonyl (C=O) groups excluding carboxylic acids is 1. The summed E-state index contributed by atoms with van der Waals surface area (Å²) in [5, 5.41) is 11.7. The van der Waals surface area contributed by atoms with Crippen LogP contribution in [0, 0.1) is 5.41 Å². The van der Waals surface area contributed by atoms with Gasteiger partial charge in [-0.15, -0.1) is 0 Å². The lowest BCUT2D eigenvalue weighted by Gasteiger charge is -2.18. The molecule has 1 amide bonds. The number of benzene rings is 1. The van der Waals surface area contributed by atoms with Crippen molar-refractivity contribution in [1.29, 1.82) is 0 Å². The summed E-state index contributed by atoms with van der Waals surface area (Å²) in [4.78, 5) is 22.7. The van der Waals surface area contributed by atoms with Gasteiger partial charge in [-0.05, 0) is 25.0 Å². The minimum atomic E-state index is -1.05. The Morgan fingerprint density at radius 2 is 1.95 bits per heavy atom. The maximum absolute atomic E-state index is 11.7. The molecule has 0 saturated heterocycles. The van der Waals surface area contributed by atoms with E-state index >= 15 is 0 Å². The van der Waals surface area contributed by atoms with Gasteiger partial charge in [-0.2, -0.15) is 0 Å². The largest absolute Gasteiger partial charge is 0.481 e. The van der Waals surface area contributed by atoms with Gasteiger partial charge >= 0.3 is 5.97 Å². The van der Waals surface area contributed by atoms with Crippen LogP contribution >= 0.6 is 0 Å². The van der Waals surface area contributed by atoms with Crippen LogP contribution in [0.2, 0.25) is 0 Å². The van der Waals surface area contributed by atoms with Gasteiger partial charge in [-0.3, -0.25) is 9.59 Å². The third-order valence-electron chi connectivity index (χ3n) is 2.97. The molecule has 0 unspecified atom stereocenters. The molecule has 0 aromatic heterocycles. The van der Waals surface area contributed by atoms with Gasteiger partial charge in [0.15, 0.2) is 0 Å². The molecule has 0 bridgehead atoms. The van der Waals surface area contributed by atoms with Crippen molar-refractivity contribution in [3.05, 3.63) is 35.4 Å². The van der Waals surface area contributed by atoms with E-state index < -0.39 is 11.4 Å². The number of rotatable bonds is 7. The quantitative estimate of drug-likeness (QED) is 0.800. The molecule has 5 nitrogen and oxygen atoms in total. The SMILES string of the molecule is COCc1cccc(CNC(=O)CC(C)(C)C(=O)O)c1. The van der Waals surface area contributed by atoms with Crippen molar-refractivity contribution in [2.75, 3.05) is 7.11 Å². The number of nitrogens with one attached hydrogen (secondary N) is 1. The van der Waals surface area contributed by atoms with E-state index in [9.17, 15) is 9.59 Å². The van der Waals surface area contributed by atoms with Crippen molar-refractivity contribution in [2.45, 2.75) is 33.4 Å². The Morgan fingerprint density at radius 3 is 2.55 bits per heavy atom. The molecule has 5 heteroatoms. The Kier molecular flexibility index (Phi) is 5.70. The third kappa shape index (κ3) is 5.01. The van der Waals surface area contributed by atoms with Crippen molar-refractivity contribution in [3.8, 4) is 0 Å². The Morgan fingerprint density at radius 1 is 1.30 bits per heavy atom. The summed E-state index contributed by atoms with van der Waals surface area (Å²) in [6, 6.07) is 7.70. The summed E-state index contributed by atoms with van der Waals surface area (Å²) < 4.78 is 5.05. The second kappa shape index (κ2) is 7.05. The standard InChI is InChI=1S/C15H21NO4/c1-15(2,14(18)19)8-13(17)16-9-11-5-4-6-12(7-11)10-20-3/h4-7H,8-10H2,1-3H3,(H,16,17)(H,18,19). The summed E-state index contributed by atoms with van der Waals surface area (Å²) in [5.41, 5.74) is 0.938. The summed E-state index contributed by atoms with van der Waals surface area (Å²) in [6.07, 6.45) is -0.0416. The number of hydrogen-bond donors (Lipinski definition) is 2. The van der Waals surface area contributed by atoms with Crippen LogP contribution < -0.4 is 5.32 Å². The maximum Gasteiger partial charge on any atom is 0.309 e. The minimum absolute atomic E-state index is 0.0416. The molecule has 0 atom stereocenters. The number of hydrogen-bond acceptors (Lipinski definition) is 3. The maximum atomic E-state index is 11.7. The number of carboxylic acids is 1. The van der Waals surface area contributed by atoms with Crippen molar-refractivity contribution in [2.24, 2.45) is 5.41 Å². The third-order valence-corrected chi connectivity index (χ3v) is 2.97. The molecule has 0 aliphatic carbocycles. The molecule has 2 N–H and O–H groups in total. The van der Waals surface area contributed by atoms with E-state index in [0.717, 1.165) is 11.1 Å². The van der Waals surface area contributed by atoms with Gasteiger partial charge < -0.3 is 15.2 Å². The van der Waals surface area contributed by atoms with Crippen LogP contribution in [-0.2, 0) is 27.5 Å². The van der Waals surface area contributed by atoms with Gasteiger partial charge in [-0.1, -0.05) is 24.3 Å². The van der Waals surface area contributed by atoms with Gasteiger partial charge in [0, 0.05) is 20.1 Å². The van der Waals surface area contributed by atoms with Crippen LogP contribution in [-0.4, -0.2) is 24.1 Å². The van der Waals surface area contributed by atoms with Crippen LogP contribution in [0.4, 0.5) is 0 Å². The summed E-state index contributed by atoms with van der Waals surface area (Å²) in [7, 11) is 1.63. The first-order valence-electron chi connectivity index (χ1n) is 6.42. The van der Waals surface area contributed by atoms with Crippen molar-refractivity contribution >= 4 is 11.9 Å². The molecule has 0 radical (unpaired) electrons. The average molecular weight is 279 g/mol. The van der Waals surface area contributed by atoms with Crippen molar-refractivity contribution < 1.29 is 19.4 Å². The zero-order valence-corrected chi connectivity index (χ0v) is 12.1. The Bertz CT molecular complexity index is 483. The lowest BCUT2D eigenvalue weighted by atomic mass is 9.89. The minimum Gasteiger partial charge on any atom is -0.481 e. The smallest absolute Gasteiger partial charge is 0.309 e. The first kappa shape index (κ1) is 16.2. The molecule has 20 heavy (non-hydrogen) atoms. The average Bonchev–Trinajstić information content (AvgIpc) is 2.36. The van der Waals surface area contributed by atoms with Crippen LogP contribution in [0.1, 0.15) is 31.4 Å². The van der Waals surface area contributed by atoms with E-state index in [-0.39, 0.29) is 12.3 Å². The molecular formula is C15H21NO4. The second-order valence-corrected chi connectivity index (χ2v) is 5.40. The number of ether oxygens (including phenoxy) is 1. The topological polar surface area (TPSA) is 75.6 Å². The summed E-state index contributed by atoms with van der Waals surface area (Å²) in [5.74, 6) is -1.25. The fourth-order valence-electron chi connectivity index (χ4n) is 1.74. The van der Waals surface area contributed by atoms with E-state index in [1.165, 1.54) is 13.8 Å². The number of amides is 1. The highest BCUT2D eigenvalue weighted by molar-refractivity contribution is 5.84. The van der Waals surface area contributed by atoms with Crippen LogP contribution in [0.15, 0.2) is 24.3 Å². The Hall–Kier alpha value is -1.88. The van der Waals surface area contributed by atoms with Gasteiger partial charge in [-0.25, -0.2) is 0 Å². The summed E-state index contributed by atoms with van der Waals surface area (Å²) >= 11 is 0. The van der Waals surface area contributed by atoms with E-state index in [0.29, 0.717) is 13.2 Å². The number of aliphatic carboxylic acids is 1. The monoisotopic (exact) mass is 279 g/mol. The second-order valence-electron chi connectivity index (χ2n) is 5.40. The van der Waals surface area contributed by atoms with Gasteiger partial charge in [0.25, 0.3) is 0 Å². The fourth-order valence-corrected chi connectivity index (χ4v) is 1.74. The highest BCUT2D eigenvalue weighted by Gasteiger charge is 2.29. The van der Waals surface area contributed by atoms with Gasteiger partial charge in [0.2, 0.25) is 5.91 Å². The normalized spacial score (nSPS) is 11.2. The molecule has 1 aromatic carbocycles. The highest BCUT2D eigenvalue weighted by Crippen LogP contribution is 2.20. The molecule has 1 aromatic rings. The molecule has 0 spiro atoms. The summed E-state index contributed by atoms with van der Waals surface area (Å²) in [6.45, 7) is 3.97. The first-order valence-corrected chi connectivity index (χ1v) is 6.42. The molecule has 0 saturated carbocycles. The van der Waals surface area contributed by atoms with Crippen LogP contribution in [0.3, 0.4) is 0 Å². The van der Waals surface area contributed by atoms with E-state index in [1.54, 1.807) is 7.11 Å². The number of carbonyl (C=O) groups is 2. The Balaban J connectivity index is 2.53. The zero-order chi connectivity index (χ0) is 15.2. The number of methoxy groups -OCH3 is 1. The van der Waals surface area contributed by atoms with E-state index in [1.807, 2.05) is 24.3 Å².